The number of piperidine rings is 1. The average molecular weight is 332 g/mol. The number of aliphatic carboxylic acids is 1. The Hall–Kier alpha value is -1.46. The van der Waals surface area contributed by atoms with Crippen molar-refractivity contribution in [1.82, 2.24) is 9.88 Å². The Kier molecular flexibility index (Phi) is 4.92. The van der Waals surface area contributed by atoms with Crippen molar-refractivity contribution in [2.45, 2.75) is 46.8 Å². The highest BCUT2D eigenvalue weighted by molar-refractivity contribution is 5.70. The van der Waals surface area contributed by atoms with Crippen LogP contribution in [0.25, 0.3) is 0 Å². The molecule has 0 amide bonds. The number of aromatic nitrogens is 1. The van der Waals surface area contributed by atoms with Gasteiger partial charge in [0.15, 0.2) is 0 Å². The highest BCUT2D eigenvalue weighted by Gasteiger charge is 2.37. The van der Waals surface area contributed by atoms with E-state index in [4.69, 9.17) is 4.74 Å². The lowest BCUT2D eigenvalue weighted by Crippen LogP contribution is -2.46. The Labute approximate surface area is 144 Å². The molecule has 0 aliphatic carbocycles. The summed E-state index contributed by atoms with van der Waals surface area (Å²) in [5, 5.41) is 9.51. The number of nitrogens with zero attached hydrogens (tertiary/aromatic N) is 2. The van der Waals surface area contributed by atoms with Gasteiger partial charge in [0.05, 0.1) is 19.1 Å². The predicted molar refractivity (Wildman–Crippen MR) is 91.6 cm³/mol. The van der Waals surface area contributed by atoms with Crippen molar-refractivity contribution in [2.75, 3.05) is 19.7 Å². The third-order valence-corrected chi connectivity index (χ3v) is 5.36. The molecule has 2 aliphatic heterocycles. The van der Waals surface area contributed by atoms with E-state index >= 15 is 0 Å². The molecule has 0 bridgehead atoms. The molecular formula is C19H28N2O3. The van der Waals surface area contributed by atoms with Crippen LogP contribution in [-0.2, 0) is 29.1 Å². The van der Waals surface area contributed by atoms with Crippen LogP contribution in [0.5, 0.6) is 0 Å². The number of carboxylic acids is 1. The number of likely N-dealkylation sites (tertiary alicyclic amines) is 1. The number of pyridine rings is 1. The van der Waals surface area contributed by atoms with Crippen LogP contribution in [0.3, 0.4) is 0 Å². The molecule has 5 heteroatoms. The van der Waals surface area contributed by atoms with Gasteiger partial charge in [-0.15, -0.1) is 0 Å². The number of fused-ring (bicyclic) bond motifs is 1. The fraction of sp³-hybridized carbons (Fsp3) is 0.684. The average Bonchev–Trinajstić information content (AvgIpc) is 2.53. The lowest BCUT2D eigenvalue weighted by molar-refractivity contribution is -0.145. The first kappa shape index (κ1) is 17.4. The first-order valence-corrected chi connectivity index (χ1v) is 8.82. The SMILES string of the molecule is CC(C)(C)C1CC(C(=O)O)CN(Cc2cnc3c(c2)COCC3)C1. The predicted octanol–water partition coefficient (Wildman–Crippen LogP) is 2.72. The van der Waals surface area contributed by atoms with E-state index in [1.807, 2.05) is 6.20 Å². The fourth-order valence-electron chi connectivity index (χ4n) is 3.76. The Bertz CT molecular complexity index is 609. The lowest BCUT2D eigenvalue weighted by atomic mass is 9.73. The van der Waals surface area contributed by atoms with Gasteiger partial charge in [0.25, 0.3) is 0 Å². The summed E-state index contributed by atoms with van der Waals surface area (Å²) in [6.07, 6.45) is 3.60. The highest BCUT2D eigenvalue weighted by atomic mass is 16.5. The van der Waals surface area contributed by atoms with E-state index in [9.17, 15) is 9.90 Å². The maximum absolute atomic E-state index is 11.6. The highest BCUT2D eigenvalue weighted by Crippen LogP contribution is 2.36. The molecule has 5 nitrogen and oxygen atoms in total. The van der Waals surface area contributed by atoms with Gasteiger partial charge in [0.2, 0.25) is 0 Å². The van der Waals surface area contributed by atoms with Crippen molar-refractivity contribution >= 4 is 5.97 Å². The molecule has 2 atom stereocenters. The van der Waals surface area contributed by atoms with Gasteiger partial charge in [0, 0.05) is 37.9 Å². The molecule has 1 saturated heterocycles. The van der Waals surface area contributed by atoms with E-state index in [1.54, 1.807) is 0 Å². The van der Waals surface area contributed by atoms with Gasteiger partial charge in [-0.2, -0.15) is 0 Å². The van der Waals surface area contributed by atoms with E-state index in [1.165, 1.54) is 5.56 Å². The number of hydrogen-bond acceptors (Lipinski definition) is 4. The van der Waals surface area contributed by atoms with Gasteiger partial charge in [-0.25, -0.2) is 0 Å². The Morgan fingerprint density at radius 3 is 2.92 bits per heavy atom. The van der Waals surface area contributed by atoms with Gasteiger partial charge in [-0.3, -0.25) is 14.7 Å². The minimum absolute atomic E-state index is 0.119. The van der Waals surface area contributed by atoms with Crippen LogP contribution in [0.2, 0.25) is 0 Å². The van der Waals surface area contributed by atoms with E-state index in [0.717, 1.165) is 43.8 Å². The van der Waals surface area contributed by atoms with Crippen LogP contribution in [0.4, 0.5) is 0 Å². The maximum atomic E-state index is 11.6. The number of rotatable bonds is 3. The lowest BCUT2D eigenvalue weighted by Gasteiger charge is -2.42. The summed E-state index contributed by atoms with van der Waals surface area (Å²) in [7, 11) is 0. The number of carbonyl (C=O) groups is 1. The van der Waals surface area contributed by atoms with Crippen LogP contribution in [-0.4, -0.2) is 40.7 Å². The Balaban J connectivity index is 1.74. The maximum Gasteiger partial charge on any atom is 0.307 e. The fourth-order valence-corrected chi connectivity index (χ4v) is 3.76. The second-order valence-corrected chi connectivity index (χ2v) is 8.28. The summed E-state index contributed by atoms with van der Waals surface area (Å²) in [5.41, 5.74) is 3.59. The van der Waals surface area contributed by atoms with Crippen LogP contribution in [0.15, 0.2) is 12.3 Å². The molecule has 1 N–H and O–H groups in total. The summed E-state index contributed by atoms with van der Waals surface area (Å²) in [4.78, 5) is 18.4. The second-order valence-electron chi connectivity index (χ2n) is 8.28. The van der Waals surface area contributed by atoms with Gasteiger partial charge in [0.1, 0.15) is 0 Å². The smallest absolute Gasteiger partial charge is 0.307 e. The van der Waals surface area contributed by atoms with Crippen molar-refractivity contribution in [2.24, 2.45) is 17.3 Å². The van der Waals surface area contributed by atoms with E-state index in [0.29, 0.717) is 19.1 Å². The van der Waals surface area contributed by atoms with Crippen LogP contribution in [0.1, 0.15) is 44.0 Å². The first-order chi connectivity index (χ1) is 11.3. The molecule has 1 aromatic rings. The molecule has 1 fully saturated rings. The van der Waals surface area contributed by atoms with Crippen molar-refractivity contribution in [1.29, 1.82) is 0 Å². The van der Waals surface area contributed by atoms with Crippen molar-refractivity contribution in [3.05, 3.63) is 29.1 Å². The quantitative estimate of drug-likeness (QED) is 0.922. The molecule has 0 spiro atoms. The largest absolute Gasteiger partial charge is 0.481 e. The van der Waals surface area contributed by atoms with Gasteiger partial charge < -0.3 is 9.84 Å². The second kappa shape index (κ2) is 6.81. The number of ether oxygens (including phenoxy) is 1. The van der Waals surface area contributed by atoms with E-state index < -0.39 is 5.97 Å². The summed E-state index contributed by atoms with van der Waals surface area (Å²) in [6.45, 7) is 10.3. The molecule has 1 aromatic heterocycles. The Morgan fingerprint density at radius 2 is 2.21 bits per heavy atom. The third kappa shape index (κ3) is 3.95. The molecule has 0 aromatic carbocycles. The van der Waals surface area contributed by atoms with Gasteiger partial charge >= 0.3 is 5.97 Å². The summed E-state index contributed by atoms with van der Waals surface area (Å²) >= 11 is 0. The topological polar surface area (TPSA) is 62.7 Å². The van der Waals surface area contributed by atoms with Crippen LogP contribution < -0.4 is 0 Å². The zero-order valence-electron chi connectivity index (χ0n) is 14.9. The zero-order valence-corrected chi connectivity index (χ0v) is 14.9. The molecular weight excluding hydrogens is 304 g/mol. The molecule has 3 rings (SSSR count). The van der Waals surface area contributed by atoms with Crippen molar-refractivity contribution in [3.63, 3.8) is 0 Å². The monoisotopic (exact) mass is 332 g/mol. The minimum atomic E-state index is -0.675. The summed E-state index contributed by atoms with van der Waals surface area (Å²) < 4.78 is 5.52. The van der Waals surface area contributed by atoms with Crippen molar-refractivity contribution < 1.29 is 14.6 Å². The van der Waals surface area contributed by atoms with Crippen LogP contribution >= 0.6 is 0 Å². The van der Waals surface area contributed by atoms with Crippen molar-refractivity contribution in [3.8, 4) is 0 Å². The summed E-state index contributed by atoms with van der Waals surface area (Å²) in [5.74, 6) is -0.566. The Morgan fingerprint density at radius 1 is 1.42 bits per heavy atom. The van der Waals surface area contributed by atoms with Gasteiger partial charge in [-0.1, -0.05) is 20.8 Å². The molecule has 0 radical (unpaired) electrons. The molecule has 0 saturated carbocycles. The van der Waals surface area contributed by atoms with Crippen LogP contribution in [0, 0.1) is 17.3 Å². The van der Waals surface area contributed by atoms with E-state index in [-0.39, 0.29) is 11.3 Å². The minimum Gasteiger partial charge on any atom is -0.481 e. The molecule has 2 aliphatic rings. The standard InChI is InChI=1S/C19H28N2O3/c1-19(2,3)16-7-14(18(22)23)10-21(11-16)9-13-6-15-12-24-5-4-17(15)20-8-13/h6,8,14,16H,4-5,7,9-12H2,1-3H3,(H,22,23). The molecule has 24 heavy (non-hydrogen) atoms. The van der Waals surface area contributed by atoms with E-state index in [2.05, 4.69) is 36.7 Å². The summed E-state index contributed by atoms with van der Waals surface area (Å²) in [6, 6.07) is 2.18. The first-order valence-electron chi connectivity index (χ1n) is 8.82. The molecule has 3 heterocycles. The zero-order chi connectivity index (χ0) is 17.3. The molecule has 2 unspecified atom stereocenters. The normalized spacial score (nSPS) is 25.3. The number of hydrogen-bond donors (Lipinski definition) is 1. The molecule has 132 valence electrons. The third-order valence-electron chi connectivity index (χ3n) is 5.36. The number of carboxylic acid groups (broad SMARTS) is 1. The van der Waals surface area contributed by atoms with Gasteiger partial charge in [-0.05, 0) is 34.9 Å².